The van der Waals surface area contributed by atoms with Gasteiger partial charge in [-0.05, 0) is 55.5 Å². The van der Waals surface area contributed by atoms with E-state index in [1.807, 2.05) is 11.1 Å². The van der Waals surface area contributed by atoms with Crippen LogP contribution in [0.15, 0.2) is 36.5 Å². The zero-order valence-corrected chi connectivity index (χ0v) is 24.7. The second kappa shape index (κ2) is 13.2. The molecule has 0 spiro atoms. The molecule has 0 radical (unpaired) electrons. The smallest absolute Gasteiger partial charge is 0.241 e. The number of carbonyl (C=O) groups excluding carboxylic acids is 1. The van der Waals surface area contributed by atoms with Gasteiger partial charge in [-0.25, -0.2) is 4.39 Å². The molecule has 39 heavy (non-hydrogen) atoms. The number of halogens is 3. The third kappa shape index (κ3) is 7.48. The van der Waals surface area contributed by atoms with Crippen LogP contribution in [0.4, 0.5) is 10.1 Å². The van der Waals surface area contributed by atoms with Crippen molar-refractivity contribution in [2.24, 2.45) is 0 Å². The molecule has 2 atom stereocenters. The van der Waals surface area contributed by atoms with E-state index in [-0.39, 0.29) is 54.1 Å². The first-order valence-electron chi connectivity index (χ1n) is 13.6. The highest BCUT2D eigenvalue weighted by Gasteiger charge is 2.40. The Kier molecular flexibility index (Phi) is 10.8. The van der Waals surface area contributed by atoms with E-state index >= 15 is 0 Å². The van der Waals surface area contributed by atoms with E-state index in [4.69, 9.17) is 4.98 Å². The number of anilines is 1. The van der Waals surface area contributed by atoms with Crippen LogP contribution in [0.1, 0.15) is 50.4 Å². The molecule has 0 aliphatic carbocycles. The van der Waals surface area contributed by atoms with E-state index in [1.54, 1.807) is 12.1 Å². The molecule has 7 nitrogen and oxygen atoms in total. The van der Waals surface area contributed by atoms with Crippen LogP contribution in [-0.2, 0) is 16.6 Å². The van der Waals surface area contributed by atoms with E-state index in [2.05, 4.69) is 42.0 Å². The van der Waals surface area contributed by atoms with Crippen LogP contribution in [0, 0.1) is 5.82 Å². The van der Waals surface area contributed by atoms with Crippen LogP contribution < -0.4 is 10.2 Å². The number of nitrogens with one attached hydrogen (secondary N) is 1. The highest BCUT2D eigenvalue weighted by Crippen LogP contribution is 2.39. The number of piperazine rings is 1. The topological polar surface area (TPSA) is 71.9 Å². The van der Waals surface area contributed by atoms with Crippen molar-refractivity contribution >= 4 is 36.4 Å². The molecule has 10 heteroatoms. The molecule has 0 saturated carbocycles. The molecule has 1 aromatic heterocycles. The lowest BCUT2D eigenvalue weighted by Gasteiger charge is -2.42. The Morgan fingerprint density at radius 3 is 2.54 bits per heavy atom. The lowest BCUT2D eigenvalue weighted by atomic mass is 9.91. The van der Waals surface area contributed by atoms with Crippen LogP contribution in [0.2, 0.25) is 0 Å². The summed E-state index contributed by atoms with van der Waals surface area (Å²) in [5.74, 6) is -0.131. The average Bonchev–Trinajstić information content (AvgIpc) is 3.14. The average molecular weight is 583 g/mol. The molecule has 3 aliphatic rings. The van der Waals surface area contributed by atoms with Gasteiger partial charge in [-0.15, -0.1) is 24.8 Å². The SMILES string of the molecule is C[C@@H]1CN(CC(=O)N2CC(C)(C)c3ncc(Cc4ccc(F)cc4)cc32)[C@@H](CN2CCC(O)CC2)CN1.Cl.Cl. The number of piperidine rings is 1. The van der Waals surface area contributed by atoms with E-state index < -0.39 is 0 Å². The van der Waals surface area contributed by atoms with Gasteiger partial charge in [0, 0.05) is 63.0 Å². The summed E-state index contributed by atoms with van der Waals surface area (Å²) in [6, 6.07) is 9.23. The molecule has 3 aliphatic heterocycles. The van der Waals surface area contributed by atoms with Gasteiger partial charge in [-0.1, -0.05) is 26.0 Å². The van der Waals surface area contributed by atoms with Crippen LogP contribution >= 0.6 is 24.8 Å². The van der Waals surface area contributed by atoms with Crippen molar-refractivity contribution in [2.75, 3.05) is 50.7 Å². The van der Waals surface area contributed by atoms with Crippen LogP contribution in [0.25, 0.3) is 0 Å². The van der Waals surface area contributed by atoms with Gasteiger partial charge in [0.15, 0.2) is 0 Å². The van der Waals surface area contributed by atoms with E-state index in [9.17, 15) is 14.3 Å². The minimum absolute atomic E-state index is 0. The number of aliphatic hydroxyl groups excluding tert-OH is 1. The second-order valence-corrected chi connectivity index (χ2v) is 11.8. The number of rotatable bonds is 6. The van der Waals surface area contributed by atoms with Gasteiger partial charge in [-0.3, -0.25) is 14.7 Å². The Balaban J connectivity index is 0.00000210. The number of hydrogen-bond donors (Lipinski definition) is 2. The molecule has 5 rings (SSSR count). The highest BCUT2D eigenvalue weighted by atomic mass is 35.5. The van der Waals surface area contributed by atoms with Crippen molar-refractivity contribution in [1.29, 1.82) is 0 Å². The fourth-order valence-corrected chi connectivity index (χ4v) is 6.00. The molecule has 2 saturated heterocycles. The van der Waals surface area contributed by atoms with Crippen molar-refractivity contribution in [2.45, 2.75) is 63.6 Å². The van der Waals surface area contributed by atoms with Crippen molar-refractivity contribution in [1.82, 2.24) is 20.1 Å². The summed E-state index contributed by atoms with van der Waals surface area (Å²) in [5, 5.41) is 13.5. The fourth-order valence-electron chi connectivity index (χ4n) is 6.00. The maximum atomic E-state index is 13.8. The number of amides is 1. The van der Waals surface area contributed by atoms with Gasteiger partial charge < -0.3 is 20.2 Å². The zero-order chi connectivity index (χ0) is 26.2. The third-order valence-corrected chi connectivity index (χ3v) is 8.12. The van der Waals surface area contributed by atoms with E-state index in [0.717, 1.165) is 68.1 Å². The molecule has 2 aromatic rings. The summed E-state index contributed by atoms with van der Waals surface area (Å²) in [5.41, 5.74) is 3.67. The van der Waals surface area contributed by atoms with Crippen molar-refractivity contribution in [3.8, 4) is 0 Å². The van der Waals surface area contributed by atoms with E-state index in [0.29, 0.717) is 25.6 Å². The minimum Gasteiger partial charge on any atom is -0.393 e. The Morgan fingerprint density at radius 2 is 1.85 bits per heavy atom. The molecule has 0 unspecified atom stereocenters. The maximum absolute atomic E-state index is 13.8. The lowest BCUT2D eigenvalue weighted by Crippen LogP contribution is -2.61. The molecule has 2 N–H and O–H groups in total. The molecule has 216 valence electrons. The third-order valence-electron chi connectivity index (χ3n) is 8.12. The van der Waals surface area contributed by atoms with Gasteiger partial charge in [0.25, 0.3) is 0 Å². The first-order valence-corrected chi connectivity index (χ1v) is 13.6. The van der Waals surface area contributed by atoms with Gasteiger partial charge in [0.2, 0.25) is 5.91 Å². The normalized spacial score (nSPS) is 23.6. The largest absolute Gasteiger partial charge is 0.393 e. The predicted octanol–water partition coefficient (Wildman–Crippen LogP) is 3.40. The standard InChI is InChI=1S/C29H40FN5O2.2ClH/c1-20-16-34(24(15-31-20)17-33-10-8-25(36)9-11-33)18-27(37)35-19-29(2,3)28-26(35)13-22(14-32-28)12-21-4-6-23(30)7-5-21;;/h4-7,13-14,20,24-25,31,36H,8-12,15-19H2,1-3H3;2*1H/t20-,24-;;/m1../s1. The quantitative estimate of drug-likeness (QED) is 0.545. The number of benzene rings is 1. The van der Waals surface area contributed by atoms with Gasteiger partial charge in [-0.2, -0.15) is 0 Å². The molecular formula is C29H42Cl2FN5O2. The first kappa shape index (κ1) is 31.7. The van der Waals surface area contributed by atoms with Crippen molar-refractivity contribution < 1.29 is 14.3 Å². The summed E-state index contributed by atoms with van der Waals surface area (Å²) >= 11 is 0. The molecule has 4 heterocycles. The molecule has 2 fully saturated rings. The summed E-state index contributed by atoms with van der Waals surface area (Å²) in [6.07, 6.45) is 4.00. The summed E-state index contributed by atoms with van der Waals surface area (Å²) in [7, 11) is 0. The zero-order valence-electron chi connectivity index (χ0n) is 23.1. The minimum atomic E-state index is -0.243. The number of nitrogens with zero attached hydrogens (tertiary/aromatic N) is 4. The molecular weight excluding hydrogens is 540 g/mol. The number of likely N-dealkylation sites (tertiary alicyclic amines) is 1. The summed E-state index contributed by atoms with van der Waals surface area (Å²) < 4.78 is 13.3. The Bertz CT molecular complexity index is 1110. The van der Waals surface area contributed by atoms with Gasteiger partial charge >= 0.3 is 0 Å². The van der Waals surface area contributed by atoms with Gasteiger partial charge in [0.1, 0.15) is 5.82 Å². The number of aromatic nitrogens is 1. The number of aliphatic hydroxyl groups is 1. The number of hydrogen-bond acceptors (Lipinski definition) is 6. The Morgan fingerprint density at radius 1 is 1.15 bits per heavy atom. The highest BCUT2D eigenvalue weighted by molar-refractivity contribution is 5.97. The van der Waals surface area contributed by atoms with Crippen molar-refractivity contribution in [3.05, 3.63) is 59.2 Å². The van der Waals surface area contributed by atoms with Gasteiger partial charge in [0.05, 0.1) is 24.0 Å². The van der Waals surface area contributed by atoms with Crippen LogP contribution in [0.3, 0.4) is 0 Å². The predicted molar refractivity (Wildman–Crippen MR) is 158 cm³/mol. The molecule has 1 aromatic carbocycles. The Hall–Kier alpha value is -1.81. The maximum Gasteiger partial charge on any atom is 0.241 e. The molecule has 0 bridgehead atoms. The number of pyridine rings is 1. The second-order valence-electron chi connectivity index (χ2n) is 11.8. The van der Waals surface area contributed by atoms with Crippen LogP contribution in [0.5, 0.6) is 0 Å². The first-order chi connectivity index (χ1) is 17.7. The number of fused-ring (bicyclic) bond motifs is 1. The monoisotopic (exact) mass is 581 g/mol. The number of carbonyl (C=O) groups is 1. The Labute approximate surface area is 244 Å². The summed E-state index contributed by atoms with van der Waals surface area (Å²) in [6.45, 7) is 11.9. The lowest BCUT2D eigenvalue weighted by molar-refractivity contribution is -0.120. The summed E-state index contributed by atoms with van der Waals surface area (Å²) in [4.78, 5) is 25.3. The van der Waals surface area contributed by atoms with E-state index in [1.165, 1.54) is 12.1 Å². The van der Waals surface area contributed by atoms with Crippen LogP contribution in [-0.4, -0.2) is 89.8 Å². The molecule has 1 amide bonds. The van der Waals surface area contributed by atoms with Crippen molar-refractivity contribution in [3.63, 3.8) is 0 Å². The fraction of sp³-hybridized carbons (Fsp3) is 0.586.